The summed E-state index contributed by atoms with van der Waals surface area (Å²) in [7, 11) is 1.88. The summed E-state index contributed by atoms with van der Waals surface area (Å²) in [6.45, 7) is 2.74. The first-order chi connectivity index (χ1) is 18.7. The number of carboxylic acids is 1. The minimum absolute atomic E-state index is 0.162. The van der Waals surface area contributed by atoms with Gasteiger partial charge in [-0.1, -0.05) is 35.3 Å². The molecular formula is C26H28Cl2F3N5O4. The molecule has 0 radical (unpaired) electrons. The molecule has 3 aromatic rings. The lowest BCUT2D eigenvalue weighted by molar-refractivity contribution is -0.192. The second kappa shape index (κ2) is 13.3. The molecule has 0 spiro atoms. The summed E-state index contributed by atoms with van der Waals surface area (Å²) in [5, 5.41) is 18.2. The summed E-state index contributed by atoms with van der Waals surface area (Å²) in [4.78, 5) is 38.5. The molecule has 0 bridgehead atoms. The van der Waals surface area contributed by atoms with Crippen molar-refractivity contribution in [2.45, 2.75) is 44.6 Å². The van der Waals surface area contributed by atoms with Crippen molar-refractivity contribution < 1.29 is 32.7 Å². The fourth-order valence-corrected chi connectivity index (χ4v) is 4.74. The summed E-state index contributed by atoms with van der Waals surface area (Å²) in [6.07, 6.45) is 0.00783. The van der Waals surface area contributed by atoms with Crippen LogP contribution in [0.2, 0.25) is 10.0 Å². The van der Waals surface area contributed by atoms with Crippen LogP contribution in [0.5, 0.6) is 0 Å². The molecular weight excluding hydrogens is 574 g/mol. The van der Waals surface area contributed by atoms with Gasteiger partial charge in [0.1, 0.15) is 11.7 Å². The van der Waals surface area contributed by atoms with Crippen LogP contribution in [0, 0.1) is 5.92 Å². The number of aryl methyl sites for hydroxylation is 1. The first kappa shape index (κ1) is 31.2. The van der Waals surface area contributed by atoms with Crippen molar-refractivity contribution >= 4 is 52.0 Å². The zero-order chi connectivity index (χ0) is 29.6. The van der Waals surface area contributed by atoms with Gasteiger partial charge in [0.25, 0.3) is 0 Å². The lowest BCUT2D eigenvalue weighted by Crippen LogP contribution is -2.49. The normalized spacial score (nSPS) is 17.6. The Hall–Kier alpha value is -3.35. The molecule has 14 heteroatoms. The molecule has 1 aromatic carbocycles. The van der Waals surface area contributed by atoms with E-state index in [9.17, 15) is 22.8 Å². The highest BCUT2D eigenvalue weighted by molar-refractivity contribution is 6.35. The molecule has 2 amide bonds. The third kappa shape index (κ3) is 8.57. The molecule has 40 heavy (non-hydrogen) atoms. The van der Waals surface area contributed by atoms with E-state index in [4.69, 9.17) is 33.1 Å². The maximum atomic E-state index is 12.7. The van der Waals surface area contributed by atoms with Gasteiger partial charge in [0.15, 0.2) is 0 Å². The van der Waals surface area contributed by atoms with E-state index in [0.717, 1.165) is 46.6 Å². The van der Waals surface area contributed by atoms with Gasteiger partial charge in [0.2, 0.25) is 11.8 Å². The number of carbonyl (C=O) groups excluding carboxylic acids is 2. The van der Waals surface area contributed by atoms with E-state index in [-0.39, 0.29) is 17.9 Å². The minimum Gasteiger partial charge on any atom is -0.475 e. The predicted octanol–water partition coefficient (Wildman–Crippen LogP) is 3.86. The Kier molecular flexibility index (Phi) is 10.4. The molecule has 1 aliphatic rings. The summed E-state index contributed by atoms with van der Waals surface area (Å²) in [5.74, 6) is -2.83. The van der Waals surface area contributed by atoms with Crippen molar-refractivity contribution in [2.75, 3.05) is 6.54 Å². The third-order valence-corrected chi connectivity index (χ3v) is 6.77. The highest BCUT2D eigenvalue weighted by Crippen LogP contribution is 2.24. The van der Waals surface area contributed by atoms with E-state index in [1.165, 1.54) is 0 Å². The molecule has 1 saturated heterocycles. The van der Waals surface area contributed by atoms with Crippen LogP contribution >= 0.6 is 23.2 Å². The number of carbonyl (C=O) groups is 3. The smallest absolute Gasteiger partial charge is 0.475 e. The zero-order valence-electron chi connectivity index (χ0n) is 21.6. The van der Waals surface area contributed by atoms with Crippen molar-refractivity contribution in [3.8, 4) is 0 Å². The molecule has 1 fully saturated rings. The number of alkyl halides is 3. The zero-order valence-corrected chi connectivity index (χ0v) is 23.1. The number of carboxylic acid groups (broad SMARTS) is 1. The number of amides is 2. The molecule has 0 aliphatic carbocycles. The van der Waals surface area contributed by atoms with Crippen LogP contribution in [0.4, 0.5) is 13.2 Å². The van der Waals surface area contributed by atoms with Gasteiger partial charge in [-0.15, -0.1) is 0 Å². The van der Waals surface area contributed by atoms with Crippen LogP contribution in [-0.4, -0.2) is 57.2 Å². The quantitative estimate of drug-likeness (QED) is 0.326. The van der Waals surface area contributed by atoms with Gasteiger partial charge in [0, 0.05) is 36.4 Å². The van der Waals surface area contributed by atoms with Gasteiger partial charge in [-0.05, 0) is 61.6 Å². The van der Waals surface area contributed by atoms with Crippen molar-refractivity contribution in [3.05, 3.63) is 63.9 Å². The summed E-state index contributed by atoms with van der Waals surface area (Å²) >= 11 is 12.3. The first-order valence-electron chi connectivity index (χ1n) is 12.2. The number of aromatic nitrogens is 2. The molecule has 9 nitrogen and oxygen atoms in total. The second-order valence-corrected chi connectivity index (χ2v) is 10.3. The number of halogens is 5. The van der Waals surface area contributed by atoms with Gasteiger partial charge < -0.3 is 25.6 Å². The maximum absolute atomic E-state index is 12.7. The predicted molar refractivity (Wildman–Crippen MR) is 144 cm³/mol. The van der Waals surface area contributed by atoms with E-state index in [2.05, 4.69) is 20.9 Å². The monoisotopic (exact) mass is 601 g/mol. The number of rotatable bonds is 7. The lowest BCUT2D eigenvalue weighted by Gasteiger charge is -2.17. The topological polar surface area (TPSA) is 125 Å². The van der Waals surface area contributed by atoms with Gasteiger partial charge in [-0.25, -0.2) is 9.78 Å². The van der Waals surface area contributed by atoms with Gasteiger partial charge in [-0.2, -0.15) is 13.2 Å². The van der Waals surface area contributed by atoms with Crippen LogP contribution < -0.4 is 16.0 Å². The molecule has 3 atom stereocenters. The van der Waals surface area contributed by atoms with Gasteiger partial charge in [-0.3, -0.25) is 9.59 Å². The van der Waals surface area contributed by atoms with Crippen LogP contribution in [0.3, 0.4) is 0 Å². The first-order valence-corrected chi connectivity index (χ1v) is 13.0. The Morgan fingerprint density at radius 1 is 1.23 bits per heavy atom. The molecule has 4 rings (SSSR count). The number of hydrogen-bond donors (Lipinski definition) is 4. The number of fused-ring (bicyclic) bond motifs is 1. The Balaban J connectivity index is 0.000000559. The molecule has 216 valence electrons. The summed E-state index contributed by atoms with van der Waals surface area (Å²) in [6, 6.07) is 8.75. The number of hydrogen-bond acceptors (Lipinski definition) is 5. The fraction of sp³-hybridized carbons (Fsp3) is 0.385. The molecule has 0 unspecified atom stereocenters. The summed E-state index contributed by atoms with van der Waals surface area (Å²) in [5.41, 5.74) is 2.78. The molecule has 3 heterocycles. The van der Waals surface area contributed by atoms with Crippen molar-refractivity contribution in [1.29, 1.82) is 0 Å². The van der Waals surface area contributed by atoms with Gasteiger partial charge >= 0.3 is 12.1 Å². The van der Waals surface area contributed by atoms with Crippen molar-refractivity contribution in [1.82, 2.24) is 25.5 Å². The summed E-state index contributed by atoms with van der Waals surface area (Å²) < 4.78 is 33.6. The third-order valence-electron chi connectivity index (χ3n) is 6.23. The van der Waals surface area contributed by atoms with Crippen LogP contribution in [0.25, 0.3) is 11.0 Å². The molecule has 0 saturated carbocycles. The Bertz CT molecular complexity index is 1380. The maximum Gasteiger partial charge on any atom is 0.490 e. The number of aliphatic carboxylic acids is 1. The Morgan fingerprint density at radius 3 is 2.58 bits per heavy atom. The van der Waals surface area contributed by atoms with E-state index in [1.807, 2.05) is 41.9 Å². The molecule has 2 aromatic heterocycles. The SMILES string of the molecule is C[C@H](NC(=O)[C@H]1C[C@H](Cc2cccc(Cl)c2)CN1)C(=O)NCc1cnc2c(c1)c(Cl)cn2C.O=C(O)C(F)(F)F. The number of benzene rings is 1. The minimum atomic E-state index is -5.08. The average Bonchev–Trinajstić information content (AvgIpc) is 3.46. The number of nitrogens with one attached hydrogen (secondary N) is 3. The number of pyridine rings is 1. The van der Waals surface area contributed by atoms with Crippen LogP contribution in [-0.2, 0) is 34.4 Å². The largest absolute Gasteiger partial charge is 0.490 e. The Labute approximate surface area is 238 Å². The van der Waals surface area contributed by atoms with E-state index >= 15 is 0 Å². The lowest BCUT2D eigenvalue weighted by atomic mass is 9.96. The fourth-order valence-electron chi connectivity index (χ4n) is 4.24. The number of nitrogens with zero attached hydrogens (tertiary/aromatic N) is 2. The molecule has 1 aliphatic heterocycles. The van der Waals surface area contributed by atoms with E-state index in [0.29, 0.717) is 17.5 Å². The highest BCUT2D eigenvalue weighted by atomic mass is 35.5. The average molecular weight is 602 g/mol. The Morgan fingerprint density at radius 2 is 1.93 bits per heavy atom. The van der Waals surface area contributed by atoms with Crippen LogP contribution in [0.15, 0.2) is 42.7 Å². The van der Waals surface area contributed by atoms with E-state index in [1.54, 1.807) is 19.3 Å². The van der Waals surface area contributed by atoms with E-state index < -0.39 is 18.2 Å². The molecule has 4 N–H and O–H groups in total. The van der Waals surface area contributed by atoms with Crippen molar-refractivity contribution in [3.63, 3.8) is 0 Å². The second-order valence-electron chi connectivity index (χ2n) is 9.45. The standard InChI is InChI=1S/C24H27Cl2N5O2.C2HF3O2/c1-14(23(32)29-12-17-8-19-20(26)13-31(2)22(19)28-11-17)30-24(33)21-9-16(10-27-21)6-15-4-3-5-18(25)7-15;3-2(4,5)1(6)7/h3-5,7-8,11,13-14,16,21,27H,6,9-10,12H2,1-2H3,(H,29,32)(H,30,33);(H,6,7)/t14-,16-,21+;/m0./s1. The van der Waals surface area contributed by atoms with Crippen LogP contribution in [0.1, 0.15) is 24.5 Å². The van der Waals surface area contributed by atoms with Gasteiger partial charge in [0.05, 0.1) is 11.1 Å². The van der Waals surface area contributed by atoms with Crippen molar-refractivity contribution in [2.24, 2.45) is 13.0 Å². The highest BCUT2D eigenvalue weighted by Gasteiger charge is 2.38.